The Balaban J connectivity index is 5.29. The molecular formula is C79H150O17P2. The number of allylic oxidation sites excluding steroid dienone is 4. The molecule has 17 nitrogen and oxygen atoms in total. The van der Waals surface area contributed by atoms with Gasteiger partial charge in [0.05, 0.1) is 26.4 Å². The molecule has 0 aliphatic heterocycles. The summed E-state index contributed by atoms with van der Waals surface area (Å²) in [5, 5.41) is 10.6. The van der Waals surface area contributed by atoms with Gasteiger partial charge in [-0.05, 0) is 77.0 Å². The van der Waals surface area contributed by atoms with Crippen molar-refractivity contribution in [2.75, 3.05) is 39.6 Å². The minimum Gasteiger partial charge on any atom is -0.462 e. The number of hydrogen-bond acceptors (Lipinski definition) is 15. The molecule has 0 aromatic carbocycles. The van der Waals surface area contributed by atoms with Crippen molar-refractivity contribution in [1.29, 1.82) is 0 Å². The number of carbonyl (C=O) groups excluding carboxylic acids is 4. The van der Waals surface area contributed by atoms with Crippen molar-refractivity contribution in [2.24, 2.45) is 0 Å². The fraction of sp³-hybridized carbons (Fsp3) is 0.899. The summed E-state index contributed by atoms with van der Waals surface area (Å²) in [5.41, 5.74) is 0. The van der Waals surface area contributed by atoms with Crippen molar-refractivity contribution < 1.29 is 80.2 Å². The van der Waals surface area contributed by atoms with E-state index >= 15 is 0 Å². The van der Waals surface area contributed by atoms with Gasteiger partial charge in [-0.1, -0.05) is 322 Å². The fourth-order valence-electron chi connectivity index (χ4n) is 11.7. The van der Waals surface area contributed by atoms with Crippen LogP contribution >= 0.6 is 15.6 Å². The molecule has 0 aromatic heterocycles. The summed E-state index contributed by atoms with van der Waals surface area (Å²) in [5.74, 6) is -2.14. The minimum absolute atomic E-state index is 0.0941. The van der Waals surface area contributed by atoms with Gasteiger partial charge in [0.15, 0.2) is 12.2 Å². The highest BCUT2D eigenvalue weighted by Crippen LogP contribution is 2.45. The number of carbonyl (C=O) groups is 4. The van der Waals surface area contributed by atoms with Crippen LogP contribution in [0.25, 0.3) is 0 Å². The lowest BCUT2D eigenvalue weighted by atomic mass is 10.0. The van der Waals surface area contributed by atoms with Gasteiger partial charge in [-0.15, -0.1) is 0 Å². The van der Waals surface area contributed by atoms with Gasteiger partial charge in [0, 0.05) is 25.7 Å². The molecule has 0 heterocycles. The lowest BCUT2D eigenvalue weighted by molar-refractivity contribution is -0.161. The number of esters is 4. The fourth-order valence-corrected chi connectivity index (χ4v) is 13.3. The Morgan fingerprint density at radius 1 is 0.276 bits per heavy atom. The molecule has 0 aromatic rings. The zero-order chi connectivity index (χ0) is 71.8. The van der Waals surface area contributed by atoms with Gasteiger partial charge < -0.3 is 33.8 Å². The van der Waals surface area contributed by atoms with E-state index in [0.717, 1.165) is 122 Å². The Morgan fingerprint density at radius 3 is 0.714 bits per heavy atom. The molecule has 0 radical (unpaired) electrons. The van der Waals surface area contributed by atoms with Crippen molar-refractivity contribution in [3.05, 3.63) is 24.3 Å². The van der Waals surface area contributed by atoms with Crippen LogP contribution in [-0.4, -0.2) is 96.7 Å². The van der Waals surface area contributed by atoms with Gasteiger partial charge in [-0.2, -0.15) is 0 Å². The average molecular weight is 1430 g/mol. The molecule has 0 rings (SSSR count). The van der Waals surface area contributed by atoms with Crippen molar-refractivity contribution >= 4 is 39.5 Å². The van der Waals surface area contributed by atoms with E-state index < -0.39 is 97.5 Å². The molecule has 578 valence electrons. The highest BCUT2D eigenvalue weighted by Gasteiger charge is 2.30. The summed E-state index contributed by atoms with van der Waals surface area (Å²) < 4.78 is 68.6. The Kier molecular flexibility index (Phi) is 71.0. The molecule has 0 aliphatic rings. The molecule has 0 saturated carbocycles. The second-order valence-electron chi connectivity index (χ2n) is 27.7. The largest absolute Gasteiger partial charge is 0.472 e. The van der Waals surface area contributed by atoms with Crippen LogP contribution in [0.15, 0.2) is 24.3 Å². The van der Waals surface area contributed by atoms with Gasteiger partial charge in [0.25, 0.3) is 0 Å². The summed E-state index contributed by atoms with van der Waals surface area (Å²) in [6, 6.07) is 0. The van der Waals surface area contributed by atoms with Gasteiger partial charge in [0.1, 0.15) is 19.3 Å². The molecule has 0 fully saturated rings. The number of phosphoric acid groups is 2. The lowest BCUT2D eigenvalue weighted by Gasteiger charge is -2.21. The summed E-state index contributed by atoms with van der Waals surface area (Å²) in [6.07, 6.45) is 67.2. The summed E-state index contributed by atoms with van der Waals surface area (Å²) >= 11 is 0. The monoisotopic (exact) mass is 1430 g/mol. The van der Waals surface area contributed by atoms with Crippen LogP contribution in [0.4, 0.5) is 0 Å². The normalized spacial score (nSPS) is 14.0. The number of aliphatic hydroxyl groups excluding tert-OH is 1. The minimum atomic E-state index is -4.96. The van der Waals surface area contributed by atoms with Crippen LogP contribution in [0.1, 0.15) is 400 Å². The number of unbranched alkanes of at least 4 members (excludes halogenated alkanes) is 48. The zero-order valence-electron chi connectivity index (χ0n) is 63.2. The molecule has 0 amide bonds. The second-order valence-corrected chi connectivity index (χ2v) is 30.6. The predicted molar refractivity (Wildman–Crippen MR) is 400 cm³/mol. The first-order valence-electron chi connectivity index (χ1n) is 40.6. The van der Waals surface area contributed by atoms with E-state index in [-0.39, 0.29) is 25.7 Å². The second kappa shape index (κ2) is 72.9. The third kappa shape index (κ3) is 71.9. The maximum absolute atomic E-state index is 13.1. The SMILES string of the molecule is CCCCCC/C=C\CCCCCCCCCC(=O)OC[C@H](COP(=O)(O)OC[C@@H](O)COP(=O)(O)OC[C@@H](COC(=O)CCCCCCCCCCCCCCCCC)OC(=O)CCCCCCC/C=C\CCCCCCCC)OC(=O)CCCCCCCCCCCCCCC. The van der Waals surface area contributed by atoms with Crippen LogP contribution in [0.2, 0.25) is 0 Å². The molecule has 3 N–H and O–H groups in total. The number of ether oxygens (including phenoxy) is 4. The first-order valence-corrected chi connectivity index (χ1v) is 43.6. The van der Waals surface area contributed by atoms with E-state index in [2.05, 4.69) is 52.0 Å². The average Bonchev–Trinajstić information content (AvgIpc) is 0.959. The van der Waals surface area contributed by atoms with Gasteiger partial charge in [0.2, 0.25) is 0 Å². The van der Waals surface area contributed by atoms with Gasteiger partial charge >= 0.3 is 39.5 Å². The molecule has 98 heavy (non-hydrogen) atoms. The number of aliphatic hydroxyl groups is 1. The Hall–Kier alpha value is -2.46. The molecule has 0 saturated heterocycles. The van der Waals surface area contributed by atoms with E-state index in [1.165, 1.54) is 199 Å². The molecule has 0 bridgehead atoms. The standard InChI is InChI=1S/C79H150O17P2/c1-5-9-13-17-21-25-29-33-36-40-43-47-51-55-59-63-76(81)89-69-74(95-78(83)65-61-57-53-49-45-39-32-28-24-20-16-12-8-4)71-93-97(85,86)91-67-73(80)68-92-98(87,88)94-72-75(96-79(84)66-62-58-54-50-46-42-38-35-31-27-23-19-15-11-7-3)70-90-77(82)64-60-56-52-48-44-41-37-34-30-26-22-18-14-10-6-2/h25,29,35,38,73-75,80H,5-24,26-28,30-34,36-37,39-72H2,1-4H3,(H,85,86)(H,87,88)/b29-25-,38-35-/t73-,74-,75-/m1/s1. The third-order valence-corrected chi connectivity index (χ3v) is 19.8. The molecule has 5 atom stereocenters. The molecule has 0 aliphatic carbocycles. The van der Waals surface area contributed by atoms with E-state index in [4.69, 9.17) is 37.0 Å². The van der Waals surface area contributed by atoms with E-state index in [0.29, 0.717) is 25.7 Å². The topological polar surface area (TPSA) is 237 Å². The van der Waals surface area contributed by atoms with Crippen LogP contribution < -0.4 is 0 Å². The van der Waals surface area contributed by atoms with Crippen LogP contribution in [0.5, 0.6) is 0 Å². The van der Waals surface area contributed by atoms with Gasteiger partial charge in [-0.25, -0.2) is 9.13 Å². The van der Waals surface area contributed by atoms with Crippen LogP contribution in [-0.2, 0) is 65.4 Å². The van der Waals surface area contributed by atoms with E-state index in [9.17, 15) is 43.2 Å². The quantitative estimate of drug-likeness (QED) is 0.0169. The summed E-state index contributed by atoms with van der Waals surface area (Å²) in [7, 11) is -9.93. The number of phosphoric ester groups is 2. The Morgan fingerprint density at radius 2 is 0.469 bits per heavy atom. The molecule has 2 unspecified atom stereocenters. The van der Waals surface area contributed by atoms with Crippen LogP contribution in [0.3, 0.4) is 0 Å². The first kappa shape index (κ1) is 95.5. The summed E-state index contributed by atoms with van der Waals surface area (Å²) in [4.78, 5) is 73.0. The first-order chi connectivity index (χ1) is 47.7. The van der Waals surface area contributed by atoms with Crippen molar-refractivity contribution in [3.63, 3.8) is 0 Å². The maximum atomic E-state index is 13.1. The highest BCUT2D eigenvalue weighted by molar-refractivity contribution is 7.47. The lowest BCUT2D eigenvalue weighted by Crippen LogP contribution is -2.30. The smallest absolute Gasteiger partial charge is 0.462 e. The molecular weight excluding hydrogens is 1280 g/mol. The Bertz CT molecular complexity index is 1950. The maximum Gasteiger partial charge on any atom is 0.472 e. The highest BCUT2D eigenvalue weighted by atomic mass is 31.2. The van der Waals surface area contributed by atoms with Crippen molar-refractivity contribution in [3.8, 4) is 0 Å². The number of hydrogen-bond donors (Lipinski definition) is 3. The zero-order valence-corrected chi connectivity index (χ0v) is 65.0. The van der Waals surface area contributed by atoms with Crippen molar-refractivity contribution in [2.45, 2.75) is 418 Å². The van der Waals surface area contributed by atoms with Crippen molar-refractivity contribution in [1.82, 2.24) is 0 Å². The predicted octanol–water partition coefficient (Wildman–Crippen LogP) is 23.3. The van der Waals surface area contributed by atoms with Crippen LogP contribution in [0, 0.1) is 0 Å². The molecule has 19 heteroatoms. The molecule has 0 spiro atoms. The summed E-state index contributed by atoms with van der Waals surface area (Å²) in [6.45, 7) is 4.96. The van der Waals surface area contributed by atoms with E-state index in [1.54, 1.807) is 0 Å². The van der Waals surface area contributed by atoms with Gasteiger partial charge in [-0.3, -0.25) is 37.3 Å². The number of rotatable bonds is 78. The Labute approximate surface area is 599 Å². The third-order valence-electron chi connectivity index (χ3n) is 17.9. The van der Waals surface area contributed by atoms with E-state index in [1.807, 2.05) is 0 Å².